The second kappa shape index (κ2) is 6.98. The highest BCUT2D eigenvalue weighted by molar-refractivity contribution is 7.07. The fourth-order valence-electron chi connectivity index (χ4n) is 2.80. The van der Waals surface area contributed by atoms with E-state index in [4.69, 9.17) is 11.6 Å². The van der Waals surface area contributed by atoms with Crippen molar-refractivity contribution in [2.75, 3.05) is 0 Å². The standard InChI is InChI=1S/C18H16ClFN2O2S/c1-10-17(23)16(18(24)22(2)21-10)15-12(13(19)5-6-14(15)20)4-3-11-7-8-25-9-11/h5-9,23H,3-4H2,1-2H3. The first-order chi connectivity index (χ1) is 11.9. The second-order valence-corrected chi connectivity index (χ2v) is 6.94. The van der Waals surface area contributed by atoms with Gasteiger partial charge in [-0.1, -0.05) is 11.6 Å². The second-order valence-electron chi connectivity index (χ2n) is 5.75. The monoisotopic (exact) mass is 378 g/mol. The Morgan fingerprint density at radius 3 is 2.72 bits per heavy atom. The number of hydrogen-bond acceptors (Lipinski definition) is 4. The van der Waals surface area contributed by atoms with Crippen LogP contribution in [0.15, 0.2) is 33.8 Å². The van der Waals surface area contributed by atoms with Gasteiger partial charge in [-0.15, -0.1) is 0 Å². The summed E-state index contributed by atoms with van der Waals surface area (Å²) < 4.78 is 15.8. The summed E-state index contributed by atoms with van der Waals surface area (Å²) in [7, 11) is 1.46. The van der Waals surface area contributed by atoms with E-state index in [9.17, 15) is 14.3 Å². The highest BCUT2D eigenvalue weighted by Crippen LogP contribution is 2.36. The largest absolute Gasteiger partial charge is 0.505 e. The summed E-state index contributed by atoms with van der Waals surface area (Å²) in [6.45, 7) is 1.56. The highest BCUT2D eigenvalue weighted by atomic mass is 35.5. The Kier molecular flexibility index (Phi) is 4.92. The van der Waals surface area contributed by atoms with Gasteiger partial charge in [0.1, 0.15) is 11.5 Å². The van der Waals surface area contributed by atoms with Gasteiger partial charge in [0.15, 0.2) is 5.75 Å². The van der Waals surface area contributed by atoms with E-state index < -0.39 is 11.4 Å². The van der Waals surface area contributed by atoms with Gasteiger partial charge < -0.3 is 5.11 Å². The molecule has 25 heavy (non-hydrogen) atoms. The molecule has 2 heterocycles. The van der Waals surface area contributed by atoms with E-state index in [1.165, 1.54) is 19.2 Å². The van der Waals surface area contributed by atoms with Crippen LogP contribution < -0.4 is 5.56 Å². The van der Waals surface area contributed by atoms with Gasteiger partial charge >= 0.3 is 0 Å². The van der Waals surface area contributed by atoms with Crippen LogP contribution >= 0.6 is 22.9 Å². The van der Waals surface area contributed by atoms with Crippen LogP contribution in [0.25, 0.3) is 11.1 Å². The van der Waals surface area contributed by atoms with Crippen molar-refractivity contribution in [2.45, 2.75) is 19.8 Å². The van der Waals surface area contributed by atoms with Gasteiger partial charge in [0.05, 0.1) is 5.56 Å². The molecule has 0 aliphatic carbocycles. The van der Waals surface area contributed by atoms with E-state index in [1.54, 1.807) is 18.3 Å². The van der Waals surface area contributed by atoms with E-state index in [2.05, 4.69) is 5.10 Å². The molecule has 4 nitrogen and oxygen atoms in total. The number of hydrogen-bond donors (Lipinski definition) is 1. The molecule has 0 unspecified atom stereocenters. The van der Waals surface area contributed by atoms with Gasteiger partial charge in [-0.05, 0) is 59.9 Å². The number of aryl methyl sites for hydroxylation is 3. The van der Waals surface area contributed by atoms with Crippen LogP contribution in [0.2, 0.25) is 5.02 Å². The first-order valence-corrected chi connectivity index (χ1v) is 8.97. The summed E-state index contributed by atoms with van der Waals surface area (Å²) in [4.78, 5) is 12.5. The molecular formula is C18H16ClFN2O2S. The van der Waals surface area contributed by atoms with Gasteiger partial charge in [-0.3, -0.25) is 4.79 Å². The summed E-state index contributed by atoms with van der Waals surface area (Å²) in [6.07, 6.45) is 1.11. The highest BCUT2D eigenvalue weighted by Gasteiger charge is 2.23. The maximum Gasteiger partial charge on any atom is 0.278 e. The lowest BCUT2D eigenvalue weighted by atomic mass is 9.95. The predicted octanol–water partition coefficient (Wildman–Crippen LogP) is 4.10. The summed E-state index contributed by atoms with van der Waals surface area (Å²) in [6, 6.07) is 4.67. The third-order valence-corrected chi connectivity index (χ3v) is 5.17. The molecule has 130 valence electrons. The van der Waals surface area contributed by atoms with Crippen molar-refractivity contribution in [2.24, 2.45) is 7.05 Å². The number of rotatable bonds is 4. The Bertz CT molecular complexity index is 984. The first kappa shape index (κ1) is 17.6. The molecule has 0 spiro atoms. The van der Waals surface area contributed by atoms with Crippen molar-refractivity contribution in [1.29, 1.82) is 0 Å². The van der Waals surface area contributed by atoms with Crippen LogP contribution in [0.1, 0.15) is 16.8 Å². The Labute approximate surface area is 153 Å². The van der Waals surface area contributed by atoms with Crippen molar-refractivity contribution in [3.05, 3.63) is 67.0 Å². The van der Waals surface area contributed by atoms with Gasteiger partial charge in [-0.25, -0.2) is 9.07 Å². The number of nitrogens with zero attached hydrogens (tertiary/aromatic N) is 2. The topological polar surface area (TPSA) is 55.1 Å². The zero-order valence-corrected chi connectivity index (χ0v) is 15.3. The van der Waals surface area contributed by atoms with Crippen LogP contribution in [0.5, 0.6) is 5.75 Å². The molecule has 0 saturated heterocycles. The number of aromatic hydroxyl groups is 1. The molecule has 0 atom stereocenters. The fraction of sp³-hybridized carbons (Fsp3) is 0.222. The van der Waals surface area contributed by atoms with Crippen molar-refractivity contribution in [3.63, 3.8) is 0 Å². The van der Waals surface area contributed by atoms with Crippen LogP contribution in [-0.2, 0) is 19.9 Å². The van der Waals surface area contributed by atoms with Crippen molar-refractivity contribution in [3.8, 4) is 16.9 Å². The molecule has 3 rings (SSSR count). The van der Waals surface area contributed by atoms with Gasteiger partial charge in [-0.2, -0.15) is 16.4 Å². The zero-order chi connectivity index (χ0) is 18.1. The molecule has 0 aliphatic rings. The lowest BCUT2D eigenvalue weighted by molar-refractivity contribution is 0.460. The number of thiophene rings is 1. The predicted molar refractivity (Wildman–Crippen MR) is 98.0 cm³/mol. The van der Waals surface area contributed by atoms with Crippen LogP contribution in [-0.4, -0.2) is 14.9 Å². The molecule has 3 aromatic rings. The minimum absolute atomic E-state index is 0.0475. The molecule has 0 radical (unpaired) electrons. The molecule has 0 amide bonds. The third kappa shape index (κ3) is 3.32. The molecule has 0 fully saturated rings. The van der Waals surface area contributed by atoms with Crippen molar-refractivity contribution >= 4 is 22.9 Å². The average molecular weight is 379 g/mol. The van der Waals surface area contributed by atoms with Crippen LogP contribution in [0, 0.1) is 12.7 Å². The lowest BCUT2D eigenvalue weighted by Crippen LogP contribution is -2.23. The maximum absolute atomic E-state index is 14.7. The Hall–Kier alpha value is -2.18. The van der Waals surface area contributed by atoms with Crippen LogP contribution in [0.3, 0.4) is 0 Å². The summed E-state index contributed by atoms with van der Waals surface area (Å²) in [5, 5.41) is 18.6. The molecule has 0 bridgehead atoms. The van der Waals surface area contributed by atoms with E-state index in [0.717, 1.165) is 10.2 Å². The Morgan fingerprint density at radius 1 is 1.28 bits per heavy atom. The van der Waals surface area contributed by atoms with Crippen molar-refractivity contribution < 1.29 is 9.50 Å². The van der Waals surface area contributed by atoms with E-state index in [1.807, 2.05) is 16.8 Å². The number of benzene rings is 1. The lowest BCUT2D eigenvalue weighted by Gasteiger charge is -2.15. The van der Waals surface area contributed by atoms with Gasteiger partial charge in [0.2, 0.25) is 0 Å². The van der Waals surface area contributed by atoms with Crippen LogP contribution in [0.4, 0.5) is 4.39 Å². The normalized spacial score (nSPS) is 11.0. The molecule has 1 aromatic carbocycles. The van der Waals surface area contributed by atoms with E-state index >= 15 is 0 Å². The molecule has 0 saturated carbocycles. The summed E-state index contributed by atoms with van der Waals surface area (Å²) in [5.41, 5.74) is 1.24. The smallest absolute Gasteiger partial charge is 0.278 e. The SMILES string of the molecule is Cc1nn(C)c(=O)c(-c2c(F)ccc(Cl)c2CCc2ccsc2)c1O. The van der Waals surface area contributed by atoms with E-state index in [-0.39, 0.29) is 22.6 Å². The van der Waals surface area contributed by atoms with Gasteiger partial charge in [0, 0.05) is 17.6 Å². The van der Waals surface area contributed by atoms with E-state index in [0.29, 0.717) is 23.4 Å². The quantitative estimate of drug-likeness (QED) is 0.743. The minimum atomic E-state index is -0.595. The van der Waals surface area contributed by atoms with Gasteiger partial charge in [0.25, 0.3) is 5.56 Å². The Balaban J connectivity index is 2.20. The zero-order valence-electron chi connectivity index (χ0n) is 13.7. The molecule has 0 aliphatic heterocycles. The third-order valence-electron chi connectivity index (χ3n) is 4.09. The van der Waals surface area contributed by atoms with Crippen molar-refractivity contribution in [1.82, 2.24) is 9.78 Å². The molecule has 2 aromatic heterocycles. The Morgan fingerprint density at radius 2 is 2.04 bits per heavy atom. The molecular weight excluding hydrogens is 363 g/mol. The fourth-order valence-corrected chi connectivity index (χ4v) is 3.75. The average Bonchev–Trinajstić information content (AvgIpc) is 3.09. The first-order valence-electron chi connectivity index (χ1n) is 7.65. The maximum atomic E-state index is 14.7. The number of halogens is 2. The summed E-state index contributed by atoms with van der Waals surface area (Å²) in [5.74, 6) is -0.913. The molecule has 1 N–H and O–H groups in total. The molecule has 7 heteroatoms. The summed E-state index contributed by atoms with van der Waals surface area (Å²) >= 11 is 7.89. The number of aromatic nitrogens is 2. The minimum Gasteiger partial charge on any atom is -0.505 e.